The largest absolute Gasteiger partial charge is 0.327 e. The SMILES string of the molecule is CCCCCN(C)CC(C)N. The summed E-state index contributed by atoms with van der Waals surface area (Å²) < 4.78 is 0. The summed E-state index contributed by atoms with van der Waals surface area (Å²) in [6.07, 6.45) is 3.94. The molecule has 0 rings (SSSR count). The molecule has 2 heteroatoms. The van der Waals surface area contributed by atoms with Gasteiger partial charge >= 0.3 is 0 Å². The Hall–Kier alpha value is -0.0800. The van der Waals surface area contributed by atoms with E-state index >= 15 is 0 Å². The van der Waals surface area contributed by atoms with Gasteiger partial charge in [-0.1, -0.05) is 19.8 Å². The van der Waals surface area contributed by atoms with E-state index in [1.165, 1.54) is 25.8 Å². The highest BCUT2D eigenvalue weighted by molar-refractivity contribution is 4.59. The lowest BCUT2D eigenvalue weighted by molar-refractivity contribution is 0.310. The highest BCUT2D eigenvalue weighted by Gasteiger charge is 1.99. The van der Waals surface area contributed by atoms with Crippen LogP contribution >= 0.6 is 0 Å². The molecule has 0 radical (unpaired) electrons. The zero-order chi connectivity index (χ0) is 8.69. The molecule has 0 saturated heterocycles. The van der Waals surface area contributed by atoms with Gasteiger partial charge in [0.1, 0.15) is 0 Å². The third-order valence-corrected chi connectivity index (χ3v) is 1.74. The van der Waals surface area contributed by atoms with Crippen LogP contribution in [0.4, 0.5) is 0 Å². The molecule has 0 spiro atoms. The van der Waals surface area contributed by atoms with Gasteiger partial charge in [-0.15, -0.1) is 0 Å². The molecule has 0 aliphatic carbocycles. The van der Waals surface area contributed by atoms with Crippen molar-refractivity contribution >= 4 is 0 Å². The average molecular weight is 158 g/mol. The van der Waals surface area contributed by atoms with Gasteiger partial charge in [0.15, 0.2) is 0 Å². The molecule has 0 aromatic rings. The Kier molecular flexibility index (Phi) is 6.57. The second kappa shape index (κ2) is 6.62. The minimum atomic E-state index is 0.307. The van der Waals surface area contributed by atoms with E-state index in [9.17, 15) is 0 Å². The lowest BCUT2D eigenvalue weighted by Gasteiger charge is -2.18. The molecular formula is C9H22N2. The predicted molar refractivity (Wildman–Crippen MR) is 50.7 cm³/mol. The first-order chi connectivity index (χ1) is 5.16. The van der Waals surface area contributed by atoms with E-state index in [4.69, 9.17) is 5.73 Å². The van der Waals surface area contributed by atoms with Gasteiger partial charge in [0.05, 0.1) is 0 Å². The summed E-state index contributed by atoms with van der Waals surface area (Å²) in [6.45, 7) is 6.49. The van der Waals surface area contributed by atoms with E-state index in [-0.39, 0.29) is 0 Å². The van der Waals surface area contributed by atoms with Crippen molar-refractivity contribution in [1.82, 2.24) is 4.90 Å². The lowest BCUT2D eigenvalue weighted by Crippen LogP contribution is -2.33. The van der Waals surface area contributed by atoms with Crippen molar-refractivity contribution in [3.8, 4) is 0 Å². The predicted octanol–water partition coefficient (Wildman–Crippen LogP) is 1.46. The Morgan fingerprint density at radius 2 is 2.00 bits per heavy atom. The van der Waals surface area contributed by atoms with E-state index in [0.717, 1.165) is 6.54 Å². The van der Waals surface area contributed by atoms with Gasteiger partial charge in [0.2, 0.25) is 0 Å². The molecular weight excluding hydrogens is 136 g/mol. The molecule has 2 N–H and O–H groups in total. The second-order valence-electron chi connectivity index (χ2n) is 3.45. The first-order valence-corrected chi connectivity index (χ1v) is 4.61. The number of rotatable bonds is 6. The molecule has 0 aliphatic heterocycles. The molecule has 0 aromatic carbocycles. The molecule has 0 saturated carbocycles. The van der Waals surface area contributed by atoms with Crippen molar-refractivity contribution in [3.63, 3.8) is 0 Å². The third-order valence-electron chi connectivity index (χ3n) is 1.74. The van der Waals surface area contributed by atoms with E-state index in [2.05, 4.69) is 25.8 Å². The summed E-state index contributed by atoms with van der Waals surface area (Å²) in [5.74, 6) is 0. The maximum Gasteiger partial charge on any atom is 0.0139 e. The number of hydrogen-bond acceptors (Lipinski definition) is 2. The molecule has 0 aromatic heterocycles. The maximum atomic E-state index is 5.66. The van der Waals surface area contributed by atoms with Gasteiger partial charge in [0.25, 0.3) is 0 Å². The fourth-order valence-corrected chi connectivity index (χ4v) is 1.21. The van der Waals surface area contributed by atoms with Crippen LogP contribution in [0.15, 0.2) is 0 Å². The summed E-state index contributed by atoms with van der Waals surface area (Å²) >= 11 is 0. The summed E-state index contributed by atoms with van der Waals surface area (Å²) in [6, 6.07) is 0.307. The zero-order valence-electron chi connectivity index (χ0n) is 8.14. The van der Waals surface area contributed by atoms with Crippen LogP contribution in [-0.4, -0.2) is 31.1 Å². The highest BCUT2D eigenvalue weighted by atomic mass is 15.1. The Morgan fingerprint density at radius 3 is 2.45 bits per heavy atom. The molecule has 11 heavy (non-hydrogen) atoms. The lowest BCUT2D eigenvalue weighted by atomic mass is 10.2. The van der Waals surface area contributed by atoms with Crippen molar-refractivity contribution in [2.24, 2.45) is 5.73 Å². The van der Waals surface area contributed by atoms with Crippen LogP contribution in [0.25, 0.3) is 0 Å². The quantitative estimate of drug-likeness (QED) is 0.593. The number of nitrogens with zero attached hydrogens (tertiary/aromatic N) is 1. The molecule has 1 unspecified atom stereocenters. The number of hydrogen-bond donors (Lipinski definition) is 1. The molecule has 0 heterocycles. The van der Waals surface area contributed by atoms with Crippen LogP contribution in [-0.2, 0) is 0 Å². The minimum absolute atomic E-state index is 0.307. The van der Waals surface area contributed by atoms with E-state index in [1.807, 2.05) is 0 Å². The average Bonchev–Trinajstić information content (AvgIpc) is 1.86. The number of unbranched alkanes of at least 4 members (excludes halogenated alkanes) is 2. The van der Waals surface area contributed by atoms with Crippen LogP contribution in [0.1, 0.15) is 33.1 Å². The fraction of sp³-hybridized carbons (Fsp3) is 1.00. The topological polar surface area (TPSA) is 29.3 Å². The van der Waals surface area contributed by atoms with E-state index in [1.54, 1.807) is 0 Å². The highest BCUT2D eigenvalue weighted by Crippen LogP contribution is 1.96. The van der Waals surface area contributed by atoms with Crippen molar-refractivity contribution in [2.45, 2.75) is 39.2 Å². The molecule has 0 fully saturated rings. The zero-order valence-corrected chi connectivity index (χ0v) is 8.14. The van der Waals surface area contributed by atoms with Crippen molar-refractivity contribution in [3.05, 3.63) is 0 Å². The molecule has 2 nitrogen and oxygen atoms in total. The number of nitrogens with two attached hydrogens (primary N) is 1. The van der Waals surface area contributed by atoms with E-state index in [0.29, 0.717) is 6.04 Å². The van der Waals surface area contributed by atoms with Crippen LogP contribution in [0.2, 0.25) is 0 Å². The molecule has 0 amide bonds. The first-order valence-electron chi connectivity index (χ1n) is 4.61. The van der Waals surface area contributed by atoms with Gasteiger partial charge in [-0.2, -0.15) is 0 Å². The van der Waals surface area contributed by atoms with Crippen LogP contribution in [0.5, 0.6) is 0 Å². The van der Waals surface area contributed by atoms with E-state index < -0.39 is 0 Å². The minimum Gasteiger partial charge on any atom is -0.327 e. The second-order valence-corrected chi connectivity index (χ2v) is 3.45. The molecule has 0 bridgehead atoms. The standard InChI is InChI=1S/C9H22N2/c1-4-5-6-7-11(3)8-9(2)10/h9H,4-8,10H2,1-3H3. The summed E-state index contributed by atoms with van der Waals surface area (Å²) in [4.78, 5) is 2.31. The van der Waals surface area contributed by atoms with Crippen LogP contribution in [0.3, 0.4) is 0 Å². The van der Waals surface area contributed by atoms with Gasteiger partial charge in [-0.25, -0.2) is 0 Å². The Balaban J connectivity index is 3.15. The van der Waals surface area contributed by atoms with Crippen molar-refractivity contribution in [1.29, 1.82) is 0 Å². The van der Waals surface area contributed by atoms with Gasteiger partial charge in [-0.3, -0.25) is 0 Å². The summed E-state index contributed by atoms with van der Waals surface area (Å²) in [5.41, 5.74) is 5.66. The smallest absolute Gasteiger partial charge is 0.0139 e. The fourth-order valence-electron chi connectivity index (χ4n) is 1.21. The van der Waals surface area contributed by atoms with Gasteiger partial charge in [0, 0.05) is 12.6 Å². The van der Waals surface area contributed by atoms with Crippen LogP contribution < -0.4 is 5.73 Å². The Labute approximate surface area is 70.8 Å². The molecule has 1 atom stereocenters. The normalized spacial score (nSPS) is 13.9. The summed E-state index contributed by atoms with van der Waals surface area (Å²) in [7, 11) is 2.14. The van der Waals surface area contributed by atoms with Crippen molar-refractivity contribution < 1.29 is 0 Å². The van der Waals surface area contributed by atoms with Crippen molar-refractivity contribution in [2.75, 3.05) is 20.1 Å². The number of likely N-dealkylation sites (N-methyl/N-ethyl adjacent to an activating group) is 1. The monoisotopic (exact) mass is 158 g/mol. The van der Waals surface area contributed by atoms with Gasteiger partial charge in [-0.05, 0) is 26.9 Å². The van der Waals surface area contributed by atoms with Gasteiger partial charge < -0.3 is 10.6 Å². The third kappa shape index (κ3) is 7.82. The Morgan fingerprint density at radius 1 is 1.36 bits per heavy atom. The molecule has 68 valence electrons. The first kappa shape index (κ1) is 10.9. The Bertz CT molecular complexity index is 81.6. The summed E-state index contributed by atoms with van der Waals surface area (Å²) in [5, 5.41) is 0. The maximum absolute atomic E-state index is 5.66. The van der Waals surface area contributed by atoms with Crippen LogP contribution in [0, 0.1) is 0 Å². The molecule has 0 aliphatic rings.